The standard InChI is InChI=1S/C20H21ClN4O5/c1-13-10-15(4-6-18(13)25(27)28)29-12-16-5-7-19(30-16)20(26)22-8-3-9-24-11-17(21)14(2)23-24/h4-7,10-11H,3,8-9,12H2,1-2H3,(H,22,26). The number of nitro benzene ring substituents is 1. The van der Waals surface area contributed by atoms with E-state index < -0.39 is 4.92 Å². The Morgan fingerprint density at radius 2 is 2.13 bits per heavy atom. The predicted octanol–water partition coefficient (Wildman–Crippen LogP) is 4.05. The van der Waals surface area contributed by atoms with Crippen LogP contribution in [0.1, 0.15) is 34.0 Å². The summed E-state index contributed by atoms with van der Waals surface area (Å²) in [6.45, 7) is 4.68. The van der Waals surface area contributed by atoms with Crippen molar-refractivity contribution in [3.63, 3.8) is 0 Å². The van der Waals surface area contributed by atoms with E-state index >= 15 is 0 Å². The summed E-state index contributed by atoms with van der Waals surface area (Å²) in [7, 11) is 0. The molecule has 0 aliphatic heterocycles. The van der Waals surface area contributed by atoms with Gasteiger partial charge >= 0.3 is 0 Å². The van der Waals surface area contributed by atoms with E-state index in [0.29, 0.717) is 41.6 Å². The fourth-order valence-corrected chi connectivity index (χ4v) is 2.94. The van der Waals surface area contributed by atoms with E-state index in [9.17, 15) is 14.9 Å². The van der Waals surface area contributed by atoms with Gasteiger partial charge in [0, 0.05) is 30.9 Å². The van der Waals surface area contributed by atoms with Crippen LogP contribution in [0.3, 0.4) is 0 Å². The average Bonchev–Trinajstić information content (AvgIpc) is 3.30. The Morgan fingerprint density at radius 1 is 1.33 bits per heavy atom. The topological polar surface area (TPSA) is 112 Å². The average molecular weight is 433 g/mol. The molecular weight excluding hydrogens is 412 g/mol. The summed E-state index contributed by atoms with van der Waals surface area (Å²) in [5, 5.41) is 18.5. The minimum atomic E-state index is -0.443. The van der Waals surface area contributed by atoms with E-state index in [0.717, 1.165) is 5.69 Å². The monoisotopic (exact) mass is 432 g/mol. The number of rotatable bonds is 9. The third kappa shape index (κ3) is 5.38. The Hall–Kier alpha value is -3.33. The molecule has 0 saturated carbocycles. The quantitative estimate of drug-likeness (QED) is 0.310. The number of aromatic nitrogens is 2. The number of aryl methyl sites for hydroxylation is 3. The molecule has 0 aliphatic rings. The van der Waals surface area contributed by atoms with Gasteiger partial charge < -0.3 is 14.5 Å². The molecule has 0 bridgehead atoms. The Kier molecular flexibility index (Phi) is 6.73. The van der Waals surface area contributed by atoms with Crippen molar-refractivity contribution < 1.29 is 18.9 Å². The van der Waals surface area contributed by atoms with Crippen LogP contribution in [0.25, 0.3) is 0 Å². The third-order valence-corrected chi connectivity index (χ3v) is 4.74. The number of ether oxygens (including phenoxy) is 1. The SMILES string of the molecule is Cc1cc(OCc2ccc(C(=O)NCCCn3cc(Cl)c(C)n3)o2)ccc1[N+](=O)[O-]. The molecule has 3 aromatic rings. The number of furan rings is 1. The van der Waals surface area contributed by atoms with Gasteiger partial charge in [0.2, 0.25) is 0 Å². The van der Waals surface area contributed by atoms with E-state index in [1.165, 1.54) is 12.1 Å². The molecule has 0 aliphatic carbocycles. The fraction of sp³-hybridized carbons (Fsp3) is 0.300. The number of nitrogens with zero attached hydrogens (tertiary/aromatic N) is 3. The molecule has 0 unspecified atom stereocenters. The summed E-state index contributed by atoms with van der Waals surface area (Å²) in [4.78, 5) is 22.6. The summed E-state index contributed by atoms with van der Waals surface area (Å²) in [5.41, 5.74) is 1.31. The first-order valence-corrected chi connectivity index (χ1v) is 9.65. The number of benzene rings is 1. The van der Waals surface area contributed by atoms with E-state index in [1.54, 1.807) is 36.0 Å². The maximum atomic E-state index is 12.2. The summed E-state index contributed by atoms with van der Waals surface area (Å²) >= 11 is 5.96. The summed E-state index contributed by atoms with van der Waals surface area (Å²) in [5.74, 6) is 0.820. The van der Waals surface area contributed by atoms with E-state index in [2.05, 4.69) is 10.4 Å². The molecule has 1 amide bonds. The molecule has 0 radical (unpaired) electrons. The molecule has 0 spiro atoms. The molecule has 10 heteroatoms. The number of hydrogen-bond donors (Lipinski definition) is 1. The van der Waals surface area contributed by atoms with Gasteiger partial charge in [-0.1, -0.05) is 11.6 Å². The first-order valence-electron chi connectivity index (χ1n) is 9.28. The van der Waals surface area contributed by atoms with Crippen molar-refractivity contribution >= 4 is 23.2 Å². The van der Waals surface area contributed by atoms with Crippen molar-refractivity contribution in [3.8, 4) is 5.75 Å². The lowest BCUT2D eigenvalue weighted by molar-refractivity contribution is -0.385. The number of carbonyl (C=O) groups excluding carboxylic acids is 1. The smallest absolute Gasteiger partial charge is 0.286 e. The van der Waals surface area contributed by atoms with Gasteiger partial charge in [-0.3, -0.25) is 19.6 Å². The summed E-state index contributed by atoms with van der Waals surface area (Å²) in [6, 6.07) is 7.73. The highest BCUT2D eigenvalue weighted by Crippen LogP contribution is 2.24. The van der Waals surface area contributed by atoms with Crippen LogP contribution in [0.15, 0.2) is 40.9 Å². The van der Waals surface area contributed by atoms with Crippen molar-refractivity contribution in [2.24, 2.45) is 0 Å². The second kappa shape index (κ2) is 9.45. The lowest BCUT2D eigenvalue weighted by Crippen LogP contribution is -2.24. The minimum Gasteiger partial charge on any atom is -0.486 e. The van der Waals surface area contributed by atoms with Crippen molar-refractivity contribution in [2.75, 3.05) is 6.54 Å². The number of nitro groups is 1. The number of carbonyl (C=O) groups is 1. The molecule has 158 valence electrons. The molecule has 1 N–H and O–H groups in total. The third-order valence-electron chi connectivity index (χ3n) is 4.37. The van der Waals surface area contributed by atoms with Gasteiger partial charge in [0.25, 0.3) is 11.6 Å². The van der Waals surface area contributed by atoms with Crippen LogP contribution in [0.5, 0.6) is 5.75 Å². The lowest BCUT2D eigenvalue weighted by Gasteiger charge is -2.06. The lowest BCUT2D eigenvalue weighted by atomic mass is 10.2. The zero-order valence-electron chi connectivity index (χ0n) is 16.6. The van der Waals surface area contributed by atoms with Crippen LogP contribution in [0.4, 0.5) is 5.69 Å². The molecule has 9 nitrogen and oxygen atoms in total. The predicted molar refractivity (Wildman–Crippen MR) is 110 cm³/mol. The number of halogens is 1. The Balaban J connectivity index is 1.45. The van der Waals surface area contributed by atoms with E-state index in [1.807, 2.05) is 6.92 Å². The van der Waals surface area contributed by atoms with Crippen molar-refractivity contribution in [1.82, 2.24) is 15.1 Å². The van der Waals surface area contributed by atoms with Crippen LogP contribution >= 0.6 is 11.6 Å². The van der Waals surface area contributed by atoms with Gasteiger partial charge in [0.1, 0.15) is 18.1 Å². The van der Waals surface area contributed by atoms with Crippen LogP contribution in [0, 0.1) is 24.0 Å². The van der Waals surface area contributed by atoms with Gasteiger partial charge in [0.05, 0.1) is 15.6 Å². The summed E-state index contributed by atoms with van der Waals surface area (Å²) in [6.07, 6.45) is 2.45. The molecule has 0 atom stereocenters. The molecule has 0 saturated heterocycles. The molecular formula is C20H21ClN4O5. The van der Waals surface area contributed by atoms with Gasteiger partial charge in [-0.15, -0.1) is 0 Å². The Morgan fingerprint density at radius 3 is 2.80 bits per heavy atom. The van der Waals surface area contributed by atoms with Crippen molar-refractivity contribution in [1.29, 1.82) is 0 Å². The van der Waals surface area contributed by atoms with E-state index in [4.69, 9.17) is 20.8 Å². The zero-order chi connectivity index (χ0) is 21.7. The maximum Gasteiger partial charge on any atom is 0.286 e. The molecule has 2 aromatic heterocycles. The molecule has 1 aromatic carbocycles. The first-order chi connectivity index (χ1) is 14.3. The highest BCUT2D eigenvalue weighted by molar-refractivity contribution is 6.31. The number of hydrogen-bond acceptors (Lipinski definition) is 6. The van der Waals surface area contributed by atoms with Gasteiger partial charge in [-0.25, -0.2) is 0 Å². The molecule has 0 fully saturated rings. The highest BCUT2D eigenvalue weighted by atomic mass is 35.5. The van der Waals surface area contributed by atoms with Crippen LogP contribution in [0.2, 0.25) is 5.02 Å². The van der Waals surface area contributed by atoms with E-state index in [-0.39, 0.29) is 24.0 Å². The van der Waals surface area contributed by atoms with Crippen LogP contribution in [-0.2, 0) is 13.2 Å². The van der Waals surface area contributed by atoms with Gasteiger partial charge in [-0.2, -0.15) is 5.10 Å². The Labute approximate surface area is 177 Å². The summed E-state index contributed by atoms with van der Waals surface area (Å²) < 4.78 is 12.8. The number of nitrogens with one attached hydrogen (secondary N) is 1. The second-order valence-electron chi connectivity index (χ2n) is 6.70. The highest BCUT2D eigenvalue weighted by Gasteiger charge is 2.13. The Bertz CT molecular complexity index is 1040. The van der Waals surface area contributed by atoms with Gasteiger partial charge in [0.15, 0.2) is 5.76 Å². The molecule has 2 heterocycles. The normalized spacial score (nSPS) is 10.8. The molecule has 3 rings (SSSR count). The minimum absolute atomic E-state index is 0.0325. The second-order valence-corrected chi connectivity index (χ2v) is 7.10. The first kappa shape index (κ1) is 21.4. The van der Waals surface area contributed by atoms with Crippen molar-refractivity contribution in [3.05, 3.63) is 74.4 Å². The maximum absolute atomic E-state index is 12.2. The van der Waals surface area contributed by atoms with Crippen LogP contribution in [-0.4, -0.2) is 27.2 Å². The largest absolute Gasteiger partial charge is 0.486 e. The number of amides is 1. The van der Waals surface area contributed by atoms with Gasteiger partial charge in [-0.05, 0) is 44.5 Å². The zero-order valence-corrected chi connectivity index (χ0v) is 17.3. The fourth-order valence-electron chi connectivity index (χ4n) is 2.79. The van der Waals surface area contributed by atoms with Crippen LogP contribution < -0.4 is 10.1 Å². The molecule has 30 heavy (non-hydrogen) atoms. The van der Waals surface area contributed by atoms with Crippen molar-refractivity contribution in [2.45, 2.75) is 33.4 Å².